The number of benzene rings is 2. The molecule has 1 aliphatic heterocycles. The van der Waals surface area contributed by atoms with Gasteiger partial charge in [0, 0.05) is 6.54 Å². The number of fused-ring (bicyclic) bond motifs is 1. The first kappa shape index (κ1) is 29.4. The van der Waals surface area contributed by atoms with Crippen LogP contribution in [0.5, 0.6) is 0 Å². The van der Waals surface area contributed by atoms with Crippen LogP contribution in [0.4, 0.5) is 0 Å². The molecule has 206 valence electrons. The Labute approximate surface area is 241 Å². The standard InChI is InChI=1S/C27H34AsCl2N3O4S/c1-27(2,3)28-16-17-7-9-20-18(13-17)5-4-6-23(20)32-25(34)15-24-26(35)31-11-12-33(24)38(36,37)19-8-10-21(29)22(30)14-19/h7-10,13-14,23-24,28H,4-6,11-12,15-16H2,1-3H3,(H,31,35)(H,32,34)/t23-,24-/m1/s1. The van der Waals surface area contributed by atoms with Gasteiger partial charge in [0.1, 0.15) is 0 Å². The molecule has 3 atom stereocenters. The molecule has 2 N–H and O–H groups in total. The Kier molecular flexibility index (Phi) is 9.20. The van der Waals surface area contributed by atoms with E-state index in [-0.39, 0.29) is 62.2 Å². The third-order valence-electron chi connectivity index (χ3n) is 6.84. The first-order chi connectivity index (χ1) is 17.8. The number of sulfonamides is 1. The molecular weight excluding hydrogens is 608 g/mol. The fraction of sp³-hybridized carbons (Fsp3) is 0.481. The molecule has 0 aromatic heterocycles. The molecule has 0 radical (unpaired) electrons. The van der Waals surface area contributed by atoms with Crippen molar-refractivity contribution in [2.75, 3.05) is 13.1 Å². The summed E-state index contributed by atoms with van der Waals surface area (Å²) in [6.07, 6.45) is 2.47. The number of carbonyl (C=O) groups is 2. The number of nitrogens with one attached hydrogen (secondary N) is 2. The van der Waals surface area contributed by atoms with Crippen molar-refractivity contribution in [3.8, 4) is 0 Å². The van der Waals surface area contributed by atoms with Gasteiger partial charge in [0.05, 0.1) is 14.9 Å². The van der Waals surface area contributed by atoms with E-state index in [1.165, 1.54) is 29.3 Å². The van der Waals surface area contributed by atoms with Gasteiger partial charge in [-0.2, -0.15) is 0 Å². The van der Waals surface area contributed by atoms with Gasteiger partial charge in [0.2, 0.25) is 0 Å². The Hall–Kier alpha value is -1.57. The minimum Gasteiger partial charge on any atom is -0.207 e. The number of aryl methyl sites for hydroxylation is 1. The minimum absolute atomic E-state index is 0.0544. The molecule has 1 unspecified atom stereocenters. The van der Waals surface area contributed by atoms with Gasteiger partial charge in [0.15, 0.2) is 0 Å². The molecule has 38 heavy (non-hydrogen) atoms. The van der Waals surface area contributed by atoms with E-state index in [0.717, 1.165) is 34.3 Å². The third kappa shape index (κ3) is 6.94. The maximum absolute atomic E-state index is 13.4. The van der Waals surface area contributed by atoms with Gasteiger partial charge in [-0.15, -0.1) is 0 Å². The van der Waals surface area contributed by atoms with Gasteiger partial charge in [-0.25, -0.2) is 8.42 Å². The Morgan fingerprint density at radius 2 is 1.92 bits per heavy atom. The number of carbonyl (C=O) groups excluding carboxylic acids is 2. The summed E-state index contributed by atoms with van der Waals surface area (Å²) in [5, 5.41) is 7.23. The monoisotopic (exact) mass is 641 g/mol. The first-order valence-electron chi connectivity index (χ1n) is 12.8. The van der Waals surface area contributed by atoms with E-state index in [9.17, 15) is 18.0 Å². The number of amides is 2. The second kappa shape index (κ2) is 11.9. The van der Waals surface area contributed by atoms with Crippen molar-refractivity contribution in [3.63, 3.8) is 0 Å². The van der Waals surface area contributed by atoms with Gasteiger partial charge in [-0.3, -0.25) is 0 Å². The van der Waals surface area contributed by atoms with Crippen molar-refractivity contribution in [1.82, 2.24) is 14.9 Å². The average Bonchev–Trinajstić information content (AvgIpc) is 2.85. The Balaban J connectivity index is 1.48. The SMILES string of the molecule is CC(C)(C)[AsH]Cc1ccc2c(c1)CCC[C@H]2NC(=O)C[C@@H]1C(=O)NCCN1S(=O)(=O)c1ccc(Cl)c(Cl)c1. The van der Waals surface area contributed by atoms with Crippen molar-refractivity contribution in [2.24, 2.45) is 0 Å². The maximum atomic E-state index is 13.4. The predicted molar refractivity (Wildman–Crippen MR) is 153 cm³/mol. The molecule has 2 aromatic carbocycles. The van der Waals surface area contributed by atoms with Gasteiger partial charge in [-0.1, -0.05) is 23.2 Å². The Morgan fingerprint density at radius 1 is 1.16 bits per heavy atom. The molecule has 1 saturated heterocycles. The summed E-state index contributed by atoms with van der Waals surface area (Å²) in [6.45, 7) is 7.09. The van der Waals surface area contributed by atoms with Crippen LogP contribution in [0.1, 0.15) is 62.8 Å². The number of piperazine rings is 1. The topological polar surface area (TPSA) is 95.6 Å². The molecule has 2 amide bonds. The van der Waals surface area contributed by atoms with E-state index in [1.54, 1.807) is 0 Å². The summed E-state index contributed by atoms with van der Waals surface area (Å²) in [5.41, 5.74) is 3.73. The summed E-state index contributed by atoms with van der Waals surface area (Å²) in [7, 11) is -4.08. The number of rotatable bonds is 7. The summed E-state index contributed by atoms with van der Waals surface area (Å²) >= 11 is 11.9. The molecule has 1 fully saturated rings. The van der Waals surface area contributed by atoms with Crippen molar-refractivity contribution < 1.29 is 18.0 Å². The summed E-state index contributed by atoms with van der Waals surface area (Å²) < 4.78 is 28.3. The van der Waals surface area contributed by atoms with Crippen molar-refractivity contribution in [1.29, 1.82) is 0 Å². The van der Waals surface area contributed by atoms with Crippen molar-refractivity contribution in [3.05, 3.63) is 63.1 Å². The molecule has 0 spiro atoms. The second-order valence-corrected chi connectivity index (χ2v) is 18.2. The van der Waals surface area contributed by atoms with Gasteiger partial charge in [-0.05, 0) is 18.2 Å². The predicted octanol–water partition coefficient (Wildman–Crippen LogP) is 4.22. The molecule has 2 aliphatic rings. The van der Waals surface area contributed by atoms with Crippen LogP contribution in [0.3, 0.4) is 0 Å². The molecule has 0 saturated carbocycles. The van der Waals surface area contributed by atoms with Crippen LogP contribution in [0.15, 0.2) is 41.3 Å². The van der Waals surface area contributed by atoms with E-state index < -0.39 is 22.0 Å². The molecule has 1 aliphatic carbocycles. The molecule has 4 rings (SSSR count). The Morgan fingerprint density at radius 3 is 2.63 bits per heavy atom. The molecule has 2 aromatic rings. The molecule has 7 nitrogen and oxygen atoms in total. The van der Waals surface area contributed by atoms with Crippen molar-refractivity contribution >= 4 is 60.8 Å². The van der Waals surface area contributed by atoms with Gasteiger partial charge < -0.3 is 0 Å². The fourth-order valence-corrected chi connectivity index (χ4v) is 8.85. The van der Waals surface area contributed by atoms with Crippen LogP contribution in [-0.4, -0.2) is 59.4 Å². The van der Waals surface area contributed by atoms with E-state index in [1.807, 2.05) is 0 Å². The number of hydrogen-bond acceptors (Lipinski definition) is 4. The van der Waals surface area contributed by atoms with Gasteiger partial charge >= 0.3 is 172 Å². The van der Waals surface area contributed by atoms with Crippen LogP contribution in [-0.2, 0) is 31.2 Å². The number of halogens is 2. The fourth-order valence-electron chi connectivity index (χ4n) is 4.87. The second-order valence-electron chi connectivity index (χ2n) is 10.9. The van der Waals surface area contributed by atoms with Crippen LogP contribution in [0, 0.1) is 0 Å². The van der Waals surface area contributed by atoms with Crippen LogP contribution < -0.4 is 10.6 Å². The number of hydrogen-bond donors (Lipinski definition) is 2. The zero-order valence-corrected chi connectivity index (χ0v) is 26.2. The Bertz CT molecular complexity index is 1330. The third-order valence-corrected chi connectivity index (χ3v) is 12.9. The smallest absolute Gasteiger partial charge is 0.207 e. The summed E-state index contributed by atoms with van der Waals surface area (Å²) in [5.74, 6) is -0.853. The number of nitrogens with zero attached hydrogens (tertiary/aromatic N) is 1. The van der Waals surface area contributed by atoms with Crippen LogP contribution in [0.25, 0.3) is 0 Å². The zero-order chi connectivity index (χ0) is 27.7. The first-order valence-corrected chi connectivity index (χ1v) is 17.5. The average molecular weight is 642 g/mol. The van der Waals surface area contributed by atoms with Crippen molar-refractivity contribution in [2.45, 2.75) is 72.8 Å². The van der Waals surface area contributed by atoms with Crippen LogP contribution in [0.2, 0.25) is 14.2 Å². The normalized spacial score (nSPS) is 20.8. The quantitative estimate of drug-likeness (QED) is 0.443. The summed E-state index contributed by atoms with van der Waals surface area (Å²) in [4.78, 5) is 25.9. The van der Waals surface area contributed by atoms with E-state index in [0.29, 0.717) is 4.20 Å². The molecular formula is C27H34AsCl2N3O4S. The van der Waals surface area contributed by atoms with Crippen LogP contribution >= 0.6 is 23.2 Å². The summed E-state index contributed by atoms with van der Waals surface area (Å²) in [6, 6.07) is 9.27. The van der Waals surface area contributed by atoms with E-state index in [2.05, 4.69) is 49.6 Å². The van der Waals surface area contributed by atoms with E-state index >= 15 is 0 Å². The molecule has 11 heteroatoms. The van der Waals surface area contributed by atoms with Gasteiger partial charge in [0.25, 0.3) is 0 Å². The molecule has 1 heterocycles. The zero-order valence-electron chi connectivity index (χ0n) is 21.8. The molecule has 0 bridgehead atoms. The minimum atomic E-state index is -4.08. The van der Waals surface area contributed by atoms with E-state index in [4.69, 9.17) is 23.2 Å².